The number of hydrogen-bond acceptors (Lipinski definition) is 4. The van der Waals surface area contributed by atoms with Crippen molar-refractivity contribution in [2.45, 2.75) is 0 Å². The normalized spacial score (nSPS) is 10.7. The van der Waals surface area contributed by atoms with E-state index in [9.17, 15) is 14.9 Å². The van der Waals surface area contributed by atoms with Crippen molar-refractivity contribution in [3.8, 4) is 5.82 Å². The van der Waals surface area contributed by atoms with E-state index in [0.29, 0.717) is 5.39 Å². The molecule has 0 saturated carbocycles. The number of rotatable bonds is 2. The Bertz CT molecular complexity index is 837. The van der Waals surface area contributed by atoms with Crippen molar-refractivity contribution in [3.05, 3.63) is 63.1 Å². The molecule has 7 heteroatoms. The molecule has 1 aromatic carbocycles. The van der Waals surface area contributed by atoms with Crippen LogP contribution in [0.2, 0.25) is 0 Å². The fourth-order valence-electron chi connectivity index (χ4n) is 1.80. The predicted octanol–water partition coefficient (Wildman–Crippen LogP) is 1.35. The van der Waals surface area contributed by atoms with Gasteiger partial charge in [0.2, 0.25) is 0 Å². The first-order chi connectivity index (χ1) is 9.18. The summed E-state index contributed by atoms with van der Waals surface area (Å²) < 4.78 is 2.32. The molecule has 94 valence electrons. The van der Waals surface area contributed by atoms with Gasteiger partial charge in [0, 0.05) is 0 Å². The second kappa shape index (κ2) is 4.46. The van der Waals surface area contributed by atoms with Gasteiger partial charge in [0.05, 0.1) is 0 Å². The number of nitrogens with zero attached hydrogens (tertiary/aromatic N) is 3. The van der Waals surface area contributed by atoms with Crippen LogP contribution in [0.5, 0.6) is 0 Å². The Morgan fingerprint density at radius 3 is 2.74 bits per heavy atom. The molecule has 3 aromatic rings. The van der Waals surface area contributed by atoms with Crippen LogP contribution >= 0.6 is 0 Å². The molecular weight excluding hydrogens is 313 g/mol. The molecule has 0 unspecified atom stereocenters. The van der Waals surface area contributed by atoms with Gasteiger partial charge in [0.15, 0.2) is 0 Å². The van der Waals surface area contributed by atoms with Gasteiger partial charge in [-0.2, -0.15) is 0 Å². The zero-order valence-electron chi connectivity index (χ0n) is 9.52. The summed E-state index contributed by atoms with van der Waals surface area (Å²) in [6.07, 6.45) is 1.45. The van der Waals surface area contributed by atoms with Crippen LogP contribution in [-0.2, 0) is 0 Å². The minimum absolute atomic E-state index is 0.119. The van der Waals surface area contributed by atoms with Crippen molar-refractivity contribution in [1.29, 1.82) is 0 Å². The molecule has 0 aliphatic rings. The van der Waals surface area contributed by atoms with E-state index in [0.717, 1.165) is 4.26 Å². The summed E-state index contributed by atoms with van der Waals surface area (Å²) in [6.45, 7) is 0. The minimum atomic E-state index is -0.519. The number of pyridine rings is 1. The van der Waals surface area contributed by atoms with Crippen LogP contribution in [0, 0.1) is 10.1 Å². The molecule has 0 aliphatic heterocycles. The Labute approximate surface area is 113 Å². The Kier molecular flexibility index (Phi) is 2.77. The van der Waals surface area contributed by atoms with Crippen LogP contribution in [0.25, 0.3) is 15.5 Å². The van der Waals surface area contributed by atoms with Gasteiger partial charge in [-0.1, -0.05) is 0 Å². The molecule has 0 spiro atoms. The van der Waals surface area contributed by atoms with E-state index in [1.807, 2.05) is 12.1 Å². The first-order valence-corrected chi connectivity index (χ1v) is 7.01. The number of nitro groups is 1. The zero-order chi connectivity index (χ0) is 13.4. The topological polar surface area (TPSA) is 78.0 Å². The van der Waals surface area contributed by atoms with Crippen molar-refractivity contribution >= 4 is 30.1 Å². The maximum absolute atomic E-state index is 12.3. The zero-order valence-corrected chi connectivity index (χ0v) is 11.2. The summed E-state index contributed by atoms with van der Waals surface area (Å²) in [4.78, 5) is 26.7. The molecule has 0 bridgehead atoms. The van der Waals surface area contributed by atoms with E-state index >= 15 is 0 Å². The van der Waals surface area contributed by atoms with Crippen LogP contribution in [0.1, 0.15) is 0 Å². The quantitative estimate of drug-likeness (QED) is 0.406. The first kappa shape index (κ1) is 11.8. The van der Waals surface area contributed by atoms with Gasteiger partial charge in [-0.05, 0) is 0 Å². The van der Waals surface area contributed by atoms with Crippen LogP contribution in [0.15, 0.2) is 47.4 Å². The van der Waals surface area contributed by atoms with E-state index in [4.69, 9.17) is 0 Å². The van der Waals surface area contributed by atoms with Crippen molar-refractivity contribution in [1.82, 2.24) is 8.55 Å². The predicted molar refractivity (Wildman–Crippen MR) is 70.9 cm³/mol. The molecule has 0 atom stereocenters. The monoisotopic (exact) mass is 321 g/mol. The van der Waals surface area contributed by atoms with Gasteiger partial charge in [0.1, 0.15) is 0 Å². The van der Waals surface area contributed by atoms with E-state index < -0.39 is 4.92 Å². The second-order valence-corrected chi connectivity index (χ2v) is 5.86. The molecular formula is C12H7N3O3Se. The summed E-state index contributed by atoms with van der Waals surface area (Å²) in [6, 6.07) is 10.1. The average Bonchev–Trinajstić information content (AvgIpc) is 2.76. The average molecular weight is 320 g/mol. The number of benzene rings is 1. The number of aromatic nitrogens is 2. The first-order valence-electron chi connectivity index (χ1n) is 5.39. The molecule has 0 radical (unpaired) electrons. The molecule has 0 amide bonds. The Balaban J connectivity index is 2.34. The van der Waals surface area contributed by atoms with Crippen molar-refractivity contribution < 1.29 is 4.92 Å². The summed E-state index contributed by atoms with van der Waals surface area (Å²) in [5.41, 5.74) is -0.372. The van der Waals surface area contributed by atoms with Gasteiger partial charge < -0.3 is 0 Å². The van der Waals surface area contributed by atoms with Gasteiger partial charge in [0.25, 0.3) is 0 Å². The molecule has 3 rings (SSSR count). The van der Waals surface area contributed by atoms with E-state index in [1.165, 1.54) is 21.9 Å². The summed E-state index contributed by atoms with van der Waals surface area (Å²) in [5, 5.41) is 11.6. The van der Waals surface area contributed by atoms with Crippen molar-refractivity contribution in [3.63, 3.8) is 0 Å². The molecule has 0 aliphatic carbocycles. The van der Waals surface area contributed by atoms with Crippen LogP contribution in [0.3, 0.4) is 0 Å². The standard InChI is InChI=1S/C12H7N3O3Se/c16-12-8-4-1-2-6-10(8)19-14(12)11-9(15(17)18)5-3-7-13-11/h1-7H. The Morgan fingerprint density at radius 2 is 2.00 bits per heavy atom. The van der Waals surface area contributed by atoms with Crippen molar-refractivity contribution in [2.75, 3.05) is 0 Å². The molecule has 19 heavy (non-hydrogen) atoms. The fraction of sp³-hybridized carbons (Fsp3) is 0. The molecule has 0 fully saturated rings. The van der Waals surface area contributed by atoms with Gasteiger partial charge in [-0.25, -0.2) is 0 Å². The number of fused-ring (bicyclic) bond motifs is 1. The summed E-state index contributed by atoms with van der Waals surface area (Å²) in [5.74, 6) is 0.119. The SMILES string of the molecule is O=c1c2ccccc2[se]n1-c1ncccc1[N+](=O)[O-]. The van der Waals surface area contributed by atoms with Crippen LogP contribution in [0.4, 0.5) is 5.69 Å². The molecule has 6 nitrogen and oxygen atoms in total. The third kappa shape index (κ3) is 1.89. The second-order valence-electron chi connectivity index (χ2n) is 3.79. The third-order valence-corrected chi connectivity index (χ3v) is 4.90. The van der Waals surface area contributed by atoms with E-state index in [-0.39, 0.29) is 31.8 Å². The van der Waals surface area contributed by atoms with Crippen molar-refractivity contribution in [2.24, 2.45) is 0 Å². The van der Waals surface area contributed by atoms with Gasteiger partial charge in [-0.15, -0.1) is 0 Å². The van der Waals surface area contributed by atoms with Crippen LogP contribution < -0.4 is 5.56 Å². The molecule has 2 aromatic heterocycles. The van der Waals surface area contributed by atoms with E-state index in [1.54, 1.807) is 12.1 Å². The summed E-state index contributed by atoms with van der Waals surface area (Å²) >= 11 is -0.313. The summed E-state index contributed by atoms with van der Waals surface area (Å²) in [7, 11) is 0. The number of hydrogen-bond donors (Lipinski definition) is 0. The Hall–Kier alpha value is -2.24. The Morgan fingerprint density at radius 1 is 1.21 bits per heavy atom. The van der Waals surface area contributed by atoms with Gasteiger partial charge in [-0.3, -0.25) is 0 Å². The molecule has 0 saturated heterocycles. The fourth-order valence-corrected chi connectivity index (χ4v) is 3.89. The van der Waals surface area contributed by atoms with Gasteiger partial charge >= 0.3 is 112 Å². The maximum atomic E-state index is 12.3. The third-order valence-electron chi connectivity index (χ3n) is 2.65. The van der Waals surface area contributed by atoms with Crippen LogP contribution in [-0.4, -0.2) is 28.2 Å². The molecule has 2 heterocycles. The van der Waals surface area contributed by atoms with E-state index in [2.05, 4.69) is 4.98 Å². The molecule has 0 N–H and O–H groups in total.